The normalized spacial score (nSPS) is 10.6. The molecular weight excluding hydrogens is 333 g/mol. The Morgan fingerprint density at radius 1 is 1.06 bits per heavy atom. The summed E-state index contributed by atoms with van der Waals surface area (Å²) in [5, 5.41) is 0.431. The number of benzene rings is 2. The van der Waals surface area contributed by atoms with E-state index in [0.29, 0.717) is 4.47 Å². The van der Waals surface area contributed by atoms with Gasteiger partial charge in [-0.2, -0.15) is 0 Å². The Morgan fingerprint density at radius 2 is 1.65 bits per heavy atom. The van der Waals surface area contributed by atoms with Crippen LogP contribution in [0.1, 0.15) is 0 Å². The van der Waals surface area contributed by atoms with Crippen LogP contribution in [0.3, 0.4) is 0 Å². The molecule has 0 unspecified atom stereocenters. The van der Waals surface area contributed by atoms with Crippen molar-refractivity contribution >= 4 is 39.1 Å². The zero-order valence-corrected chi connectivity index (χ0v) is 11.3. The van der Waals surface area contributed by atoms with Crippen molar-refractivity contribution < 1.29 is 8.78 Å². The molecule has 0 aromatic heterocycles. The quantitative estimate of drug-likeness (QED) is 0.645. The number of rotatable bonds is 1. The van der Waals surface area contributed by atoms with Crippen LogP contribution in [0.2, 0.25) is 10.0 Å². The zero-order chi connectivity index (χ0) is 12.6. The van der Waals surface area contributed by atoms with Crippen molar-refractivity contribution in [2.75, 3.05) is 0 Å². The first-order chi connectivity index (χ1) is 7.99. The van der Waals surface area contributed by atoms with Crippen molar-refractivity contribution in [1.29, 1.82) is 0 Å². The van der Waals surface area contributed by atoms with Crippen LogP contribution in [-0.2, 0) is 0 Å². The lowest BCUT2D eigenvalue weighted by atomic mass is 10.0. The highest BCUT2D eigenvalue weighted by Crippen LogP contribution is 2.35. The van der Waals surface area contributed by atoms with Gasteiger partial charge in [0.05, 0.1) is 5.56 Å². The Bertz CT molecular complexity index is 562. The molecule has 0 bridgehead atoms. The largest absolute Gasteiger partial charge is 0.206 e. The molecule has 0 atom stereocenters. The molecule has 0 aliphatic heterocycles. The summed E-state index contributed by atoms with van der Waals surface area (Å²) >= 11 is 14.6. The van der Waals surface area contributed by atoms with Gasteiger partial charge in [-0.05, 0) is 24.3 Å². The summed E-state index contributed by atoms with van der Waals surface area (Å²) in [6.07, 6.45) is 0. The third-order valence-corrected chi connectivity index (χ3v) is 3.13. The summed E-state index contributed by atoms with van der Waals surface area (Å²) in [6.45, 7) is 0. The maximum absolute atomic E-state index is 13.7. The first kappa shape index (κ1) is 12.8. The molecule has 2 aromatic rings. The van der Waals surface area contributed by atoms with E-state index in [0.717, 1.165) is 0 Å². The van der Waals surface area contributed by atoms with E-state index in [4.69, 9.17) is 23.2 Å². The fourth-order valence-corrected chi connectivity index (χ4v) is 2.21. The average molecular weight is 337 g/mol. The predicted octanol–water partition coefficient (Wildman–Crippen LogP) is 5.50. The van der Waals surface area contributed by atoms with Gasteiger partial charge in [0, 0.05) is 26.1 Å². The second-order valence-electron chi connectivity index (χ2n) is 3.29. The molecule has 0 N–H and O–H groups in total. The van der Waals surface area contributed by atoms with Gasteiger partial charge in [0.2, 0.25) is 0 Å². The molecular formula is C12H4BrCl2F2. The van der Waals surface area contributed by atoms with Gasteiger partial charge in [0.15, 0.2) is 0 Å². The van der Waals surface area contributed by atoms with Crippen LogP contribution >= 0.6 is 39.1 Å². The number of hydrogen-bond acceptors (Lipinski definition) is 0. The lowest BCUT2D eigenvalue weighted by molar-refractivity contribution is 0.588. The average Bonchev–Trinajstić information content (AvgIpc) is 2.21. The van der Waals surface area contributed by atoms with Crippen LogP contribution in [0, 0.1) is 17.7 Å². The molecule has 2 aromatic carbocycles. The fourth-order valence-electron chi connectivity index (χ4n) is 1.44. The first-order valence-corrected chi connectivity index (χ1v) is 6.05. The summed E-state index contributed by atoms with van der Waals surface area (Å²) in [7, 11) is 0. The van der Waals surface area contributed by atoms with Gasteiger partial charge >= 0.3 is 0 Å². The first-order valence-electron chi connectivity index (χ1n) is 4.50. The smallest absolute Gasteiger partial charge is 0.135 e. The Morgan fingerprint density at radius 3 is 2.24 bits per heavy atom. The minimum absolute atomic E-state index is 0.189. The molecule has 5 heteroatoms. The van der Waals surface area contributed by atoms with Gasteiger partial charge in [-0.3, -0.25) is 0 Å². The topological polar surface area (TPSA) is 0 Å². The second-order valence-corrected chi connectivity index (χ2v) is 5.02. The van der Waals surface area contributed by atoms with Gasteiger partial charge in [-0.25, -0.2) is 8.78 Å². The predicted molar refractivity (Wildman–Crippen MR) is 68.4 cm³/mol. The van der Waals surface area contributed by atoms with Gasteiger partial charge in [0.25, 0.3) is 0 Å². The molecule has 0 nitrogen and oxygen atoms in total. The Hall–Kier alpha value is -0.640. The monoisotopic (exact) mass is 335 g/mol. The highest BCUT2D eigenvalue weighted by molar-refractivity contribution is 9.10. The van der Waals surface area contributed by atoms with Crippen molar-refractivity contribution in [3.63, 3.8) is 0 Å². The van der Waals surface area contributed by atoms with Crippen molar-refractivity contribution in [3.05, 3.63) is 56.5 Å². The summed E-state index contributed by atoms with van der Waals surface area (Å²) in [6, 6.07) is 7.72. The Balaban J connectivity index is 2.72. The summed E-state index contributed by atoms with van der Waals surface area (Å²) in [5.41, 5.74) is 0.00650. The molecule has 0 fully saturated rings. The molecule has 0 amide bonds. The lowest BCUT2D eigenvalue weighted by Gasteiger charge is -2.08. The maximum atomic E-state index is 13.7. The van der Waals surface area contributed by atoms with E-state index in [1.807, 2.05) is 0 Å². The molecule has 0 aliphatic carbocycles. The lowest BCUT2D eigenvalue weighted by Crippen LogP contribution is -1.91. The molecule has 0 saturated heterocycles. The summed E-state index contributed by atoms with van der Waals surface area (Å²) < 4.78 is 27.8. The van der Waals surface area contributed by atoms with Gasteiger partial charge < -0.3 is 0 Å². The summed E-state index contributed by atoms with van der Waals surface area (Å²) in [4.78, 5) is 0. The van der Waals surface area contributed by atoms with Crippen LogP contribution in [0.5, 0.6) is 0 Å². The van der Waals surface area contributed by atoms with E-state index in [9.17, 15) is 8.78 Å². The number of hydrogen-bond donors (Lipinski definition) is 0. The van der Waals surface area contributed by atoms with E-state index in [1.165, 1.54) is 24.3 Å². The molecule has 1 radical (unpaired) electrons. The SMILES string of the molecule is Fc1cc(Br)cc(F)c1-c1cc(Cl)[c]cc1Cl. The maximum Gasteiger partial charge on any atom is 0.135 e. The highest BCUT2D eigenvalue weighted by atomic mass is 79.9. The van der Waals surface area contributed by atoms with Gasteiger partial charge in [-0.1, -0.05) is 39.1 Å². The van der Waals surface area contributed by atoms with Crippen LogP contribution in [0.25, 0.3) is 11.1 Å². The van der Waals surface area contributed by atoms with E-state index in [2.05, 4.69) is 22.0 Å². The van der Waals surface area contributed by atoms with Gasteiger partial charge in [-0.15, -0.1) is 0 Å². The van der Waals surface area contributed by atoms with Crippen molar-refractivity contribution in [3.8, 4) is 11.1 Å². The van der Waals surface area contributed by atoms with E-state index < -0.39 is 11.6 Å². The van der Waals surface area contributed by atoms with Crippen molar-refractivity contribution in [2.24, 2.45) is 0 Å². The van der Waals surface area contributed by atoms with Gasteiger partial charge in [0.1, 0.15) is 11.6 Å². The molecule has 87 valence electrons. The van der Waals surface area contributed by atoms with Crippen LogP contribution in [0.4, 0.5) is 8.78 Å². The fraction of sp³-hybridized carbons (Fsp3) is 0. The second kappa shape index (κ2) is 4.92. The molecule has 17 heavy (non-hydrogen) atoms. The van der Waals surface area contributed by atoms with E-state index in [1.54, 1.807) is 0 Å². The third kappa shape index (κ3) is 2.62. The van der Waals surface area contributed by atoms with Crippen LogP contribution in [0.15, 0.2) is 28.7 Å². The van der Waals surface area contributed by atoms with E-state index >= 15 is 0 Å². The van der Waals surface area contributed by atoms with Crippen molar-refractivity contribution in [1.82, 2.24) is 0 Å². The van der Waals surface area contributed by atoms with Crippen LogP contribution < -0.4 is 0 Å². The Labute approximate surface area is 115 Å². The standard InChI is InChI=1S/C12H4BrCl2F2/c13-6-3-10(16)12(11(17)4-6)8-5-7(14)1-2-9(8)15/h2-5H. The molecule has 0 saturated carbocycles. The van der Waals surface area contributed by atoms with Crippen molar-refractivity contribution in [2.45, 2.75) is 0 Å². The minimum Gasteiger partial charge on any atom is -0.206 e. The van der Waals surface area contributed by atoms with Crippen LogP contribution in [-0.4, -0.2) is 0 Å². The van der Waals surface area contributed by atoms with E-state index in [-0.39, 0.29) is 21.2 Å². The highest BCUT2D eigenvalue weighted by Gasteiger charge is 2.15. The number of halogens is 5. The molecule has 0 heterocycles. The molecule has 0 aliphatic rings. The third-order valence-electron chi connectivity index (χ3n) is 2.14. The summed E-state index contributed by atoms with van der Waals surface area (Å²) in [5.74, 6) is -1.41. The minimum atomic E-state index is -0.707. The zero-order valence-electron chi connectivity index (χ0n) is 8.20. The molecule has 2 rings (SSSR count). The Kier molecular flexibility index (Phi) is 3.71. The molecule has 0 spiro atoms.